The molecule has 1 aromatic carbocycles. The van der Waals surface area contributed by atoms with Gasteiger partial charge in [-0.1, -0.05) is 32.9 Å². The van der Waals surface area contributed by atoms with E-state index in [9.17, 15) is 9.90 Å². The Kier molecular flexibility index (Phi) is 4.29. The van der Waals surface area contributed by atoms with Crippen LogP contribution >= 0.6 is 0 Å². The van der Waals surface area contributed by atoms with Crippen LogP contribution in [0.1, 0.15) is 45.1 Å². The Labute approximate surface area is 145 Å². The van der Waals surface area contributed by atoms with Crippen molar-refractivity contribution in [3.05, 3.63) is 29.8 Å². The van der Waals surface area contributed by atoms with Gasteiger partial charge in [0.1, 0.15) is 11.9 Å². The highest BCUT2D eigenvalue weighted by Crippen LogP contribution is 2.41. The molecule has 0 radical (unpaired) electrons. The van der Waals surface area contributed by atoms with E-state index < -0.39 is 14.4 Å². The lowest BCUT2D eigenvalue weighted by Gasteiger charge is -2.36. The van der Waals surface area contributed by atoms with E-state index in [4.69, 9.17) is 4.43 Å². The predicted octanol–water partition coefficient (Wildman–Crippen LogP) is 3.52. The van der Waals surface area contributed by atoms with Crippen LogP contribution in [0.25, 0.3) is 0 Å². The van der Waals surface area contributed by atoms with Crippen LogP contribution < -0.4 is 4.43 Å². The lowest BCUT2D eigenvalue weighted by Crippen LogP contribution is -2.43. The number of hydrogen-bond donors (Lipinski definition) is 1. The van der Waals surface area contributed by atoms with E-state index in [-0.39, 0.29) is 22.9 Å². The number of fused-ring (bicyclic) bond motifs is 1. The molecule has 0 bridgehead atoms. The molecule has 0 aromatic heterocycles. The first kappa shape index (κ1) is 17.5. The van der Waals surface area contributed by atoms with Crippen molar-refractivity contribution in [3.63, 3.8) is 0 Å². The summed E-state index contributed by atoms with van der Waals surface area (Å²) in [4.78, 5) is 14.0. The predicted molar refractivity (Wildman–Crippen MR) is 97.7 cm³/mol. The molecule has 2 aliphatic heterocycles. The monoisotopic (exact) mass is 347 g/mol. The van der Waals surface area contributed by atoms with E-state index in [2.05, 4.69) is 33.9 Å². The number of carbonyl (C=O) groups is 1. The van der Waals surface area contributed by atoms with Gasteiger partial charge in [-0.05, 0) is 48.7 Å². The van der Waals surface area contributed by atoms with E-state index in [1.54, 1.807) is 0 Å². The van der Waals surface area contributed by atoms with Crippen LogP contribution in [0, 0.1) is 0 Å². The maximum absolute atomic E-state index is 12.2. The summed E-state index contributed by atoms with van der Waals surface area (Å²) >= 11 is 0. The minimum atomic E-state index is -1.85. The number of aliphatic hydroxyl groups is 1. The molecule has 1 amide bonds. The zero-order chi connectivity index (χ0) is 17.7. The van der Waals surface area contributed by atoms with Gasteiger partial charge in [-0.2, -0.15) is 0 Å². The molecule has 0 aliphatic carbocycles. The van der Waals surface area contributed by atoms with Crippen LogP contribution in [-0.2, 0) is 4.79 Å². The fourth-order valence-electron chi connectivity index (χ4n) is 3.58. The topological polar surface area (TPSA) is 49.8 Å². The van der Waals surface area contributed by atoms with Crippen molar-refractivity contribution in [2.75, 3.05) is 6.54 Å². The van der Waals surface area contributed by atoms with Crippen molar-refractivity contribution in [2.24, 2.45) is 0 Å². The Hall–Kier alpha value is -1.33. The van der Waals surface area contributed by atoms with Crippen molar-refractivity contribution >= 4 is 14.2 Å². The molecule has 0 spiro atoms. The molecule has 4 nitrogen and oxygen atoms in total. The summed E-state index contributed by atoms with van der Waals surface area (Å²) in [6.07, 6.45) is 1.12. The van der Waals surface area contributed by atoms with Gasteiger partial charge in [0.15, 0.2) is 0 Å². The van der Waals surface area contributed by atoms with Crippen LogP contribution in [0.2, 0.25) is 18.1 Å². The summed E-state index contributed by atoms with van der Waals surface area (Å²) in [5, 5.41) is 10.5. The molecule has 2 aliphatic rings. The molecule has 132 valence electrons. The fraction of sp³-hybridized carbons (Fsp3) is 0.632. The number of rotatable bonds is 3. The fourth-order valence-corrected chi connectivity index (χ4v) is 4.62. The van der Waals surface area contributed by atoms with Crippen LogP contribution in [0.5, 0.6) is 5.75 Å². The van der Waals surface area contributed by atoms with Crippen molar-refractivity contribution in [1.29, 1.82) is 0 Å². The first-order chi connectivity index (χ1) is 11.1. The second-order valence-corrected chi connectivity index (χ2v) is 13.4. The number of carbonyl (C=O) groups excluding carboxylic acids is 1. The minimum absolute atomic E-state index is 0.107. The summed E-state index contributed by atoms with van der Waals surface area (Å²) in [5.41, 5.74) is 1.04. The number of hydrogen-bond acceptors (Lipinski definition) is 3. The minimum Gasteiger partial charge on any atom is -0.544 e. The molecular formula is C19H29NO3Si. The third kappa shape index (κ3) is 2.88. The Morgan fingerprint density at radius 3 is 2.42 bits per heavy atom. The zero-order valence-electron chi connectivity index (χ0n) is 15.4. The summed E-state index contributed by atoms with van der Waals surface area (Å²) in [5.74, 6) is 0.665. The van der Waals surface area contributed by atoms with Crippen LogP contribution in [0.15, 0.2) is 24.3 Å². The molecule has 3 rings (SSSR count). The van der Waals surface area contributed by atoms with E-state index >= 15 is 0 Å². The van der Waals surface area contributed by atoms with Crippen LogP contribution in [0.3, 0.4) is 0 Å². The molecule has 0 saturated carbocycles. The van der Waals surface area contributed by atoms with Gasteiger partial charge in [0, 0.05) is 18.5 Å². The van der Waals surface area contributed by atoms with E-state index in [0.717, 1.165) is 30.7 Å². The summed E-state index contributed by atoms with van der Waals surface area (Å²) in [7, 11) is -1.85. The third-order valence-electron chi connectivity index (χ3n) is 6.03. The molecule has 2 fully saturated rings. The maximum Gasteiger partial charge on any atom is 0.252 e. The Bertz CT molecular complexity index is 620. The van der Waals surface area contributed by atoms with E-state index in [1.165, 1.54) is 0 Å². The highest BCUT2D eigenvalue weighted by atomic mass is 28.4. The molecule has 2 saturated heterocycles. The normalized spacial score (nSPS) is 27.5. The Morgan fingerprint density at radius 1 is 1.21 bits per heavy atom. The first-order valence-corrected chi connectivity index (χ1v) is 11.8. The average molecular weight is 348 g/mol. The van der Waals surface area contributed by atoms with Gasteiger partial charge in [-0.15, -0.1) is 0 Å². The smallest absolute Gasteiger partial charge is 0.252 e. The van der Waals surface area contributed by atoms with Crippen molar-refractivity contribution in [3.8, 4) is 5.75 Å². The molecule has 1 aromatic rings. The van der Waals surface area contributed by atoms with Gasteiger partial charge >= 0.3 is 0 Å². The maximum atomic E-state index is 12.2. The van der Waals surface area contributed by atoms with Gasteiger partial charge in [-0.25, -0.2) is 0 Å². The van der Waals surface area contributed by atoms with Gasteiger partial charge in [0.25, 0.3) is 5.91 Å². The van der Waals surface area contributed by atoms with Crippen LogP contribution in [0.4, 0.5) is 0 Å². The molecular weight excluding hydrogens is 318 g/mol. The van der Waals surface area contributed by atoms with Gasteiger partial charge in [0.05, 0.1) is 0 Å². The third-order valence-corrected chi connectivity index (χ3v) is 10.4. The number of nitrogens with zero attached hydrogens (tertiary/aromatic N) is 1. The molecule has 5 heteroatoms. The van der Waals surface area contributed by atoms with Crippen molar-refractivity contribution < 1.29 is 14.3 Å². The lowest BCUT2D eigenvalue weighted by atomic mass is 9.88. The lowest BCUT2D eigenvalue weighted by molar-refractivity contribution is -0.134. The highest BCUT2D eigenvalue weighted by Gasteiger charge is 2.49. The highest BCUT2D eigenvalue weighted by molar-refractivity contribution is 6.74. The molecule has 24 heavy (non-hydrogen) atoms. The van der Waals surface area contributed by atoms with Crippen molar-refractivity contribution in [2.45, 2.75) is 69.8 Å². The number of benzene rings is 1. The standard InChI is InChI=1S/C19H29NO3Si/c1-19(2,3)24(4,5)23-14-10-8-13(9-11-14)16-15-7-6-12-20(15)18(22)17(16)21/h8-11,15-17,21H,6-7,12H2,1-5H3/t15-,16?,17?/m0/s1. The number of amides is 1. The largest absolute Gasteiger partial charge is 0.544 e. The van der Waals surface area contributed by atoms with Crippen LogP contribution in [-0.4, -0.2) is 42.9 Å². The zero-order valence-corrected chi connectivity index (χ0v) is 16.4. The molecule has 3 atom stereocenters. The molecule has 2 unspecified atom stereocenters. The summed E-state index contributed by atoms with van der Waals surface area (Å²) < 4.78 is 6.32. The van der Waals surface area contributed by atoms with Gasteiger partial charge in [-0.3, -0.25) is 4.79 Å². The second kappa shape index (κ2) is 5.88. The Morgan fingerprint density at radius 2 is 1.83 bits per heavy atom. The van der Waals surface area contributed by atoms with Gasteiger partial charge in [0.2, 0.25) is 8.32 Å². The summed E-state index contributed by atoms with van der Waals surface area (Å²) in [6, 6.07) is 8.17. The average Bonchev–Trinajstić information content (AvgIpc) is 3.03. The number of aliphatic hydroxyl groups excluding tert-OH is 1. The second-order valence-electron chi connectivity index (χ2n) is 8.64. The van der Waals surface area contributed by atoms with Crippen molar-refractivity contribution in [1.82, 2.24) is 4.90 Å². The van der Waals surface area contributed by atoms with E-state index in [1.807, 2.05) is 29.2 Å². The van der Waals surface area contributed by atoms with Gasteiger partial charge < -0.3 is 14.4 Å². The molecule has 1 N–H and O–H groups in total. The Balaban J connectivity index is 1.79. The SMILES string of the molecule is CC(C)(C)[Si](C)(C)Oc1ccc(C2C(O)C(=O)N3CCC[C@@H]23)cc1. The molecule has 2 heterocycles. The van der Waals surface area contributed by atoms with E-state index in [0.29, 0.717) is 0 Å². The summed E-state index contributed by atoms with van der Waals surface area (Å²) in [6.45, 7) is 11.9. The quantitative estimate of drug-likeness (QED) is 0.851. The first-order valence-electron chi connectivity index (χ1n) is 8.89.